The number of hydrogen-bond donors (Lipinski definition) is 1. The Labute approximate surface area is 116 Å². The predicted octanol–water partition coefficient (Wildman–Crippen LogP) is 1.88. The van der Waals surface area contributed by atoms with Gasteiger partial charge in [-0.3, -0.25) is 4.79 Å². The molecule has 102 valence electrons. The third kappa shape index (κ3) is 3.96. The normalized spacial score (nSPS) is 15.3. The van der Waals surface area contributed by atoms with Crippen molar-refractivity contribution in [2.75, 3.05) is 18.8 Å². The predicted molar refractivity (Wildman–Crippen MR) is 72.4 cm³/mol. The van der Waals surface area contributed by atoms with Crippen LogP contribution in [0.25, 0.3) is 0 Å². The van der Waals surface area contributed by atoms with E-state index in [0.717, 1.165) is 30.8 Å². The maximum atomic E-state index is 11.9. The van der Waals surface area contributed by atoms with Crippen LogP contribution in [0.4, 0.5) is 0 Å². The second kappa shape index (κ2) is 6.56. The first-order valence-electron chi connectivity index (χ1n) is 6.27. The number of carbonyl (C=O) groups excluding carboxylic acids is 1. The number of piperidine rings is 1. The average Bonchev–Trinajstić information content (AvgIpc) is 2.46. The number of carboxylic acids is 1. The van der Waals surface area contributed by atoms with Crippen molar-refractivity contribution in [1.29, 1.82) is 0 Å². The summed E-state index contributed by atoms with van der Waals surface area (Å²) in [6.07, 6.45) is 4.88. The van der Waals surface area contributed by atoms with Gasteiger partial charge in [0.2, 0.25) is 5.91 Å². The standard InChI is InChI=1S/C13H16N2O3S/c16-12(15-6-2-1-3-7-15)9-19-10-4-5-11(13(17)18)14-8-10/h4-5,8H,1-3,6-7,9H2,(H,17,18). The number of aromatic carboxylic acids is 1. The zero-order chi connectivity index (χ0) is 13.7. The van der Waals surface area contributed by atoms with Crippen molar-refractivity contribution in [3.8, 4) is 0 Å². The largest absolute Gasteiger partial charge is 0.477 e. The quantitative estimate of drug-likeness (QED) is 0.853. The van der Waals surface area contributed by atoms with Crippen LogP contribution >= 0.6 is 11.8 Å². The Hall–Kier alpha value is -1.56. The van der Waals surface area contributed by atoms with Crippen LogP contribution in [-0.2, 0) is 4.79 Å². The van der Waals surface area contributed by atoms with Crippen molar-refractivity contribution in [2.45, 2.75) is 24.2 Å². The van der Waals surface area contributed by atoms with Gasteiger partial charge in [0, 0.05) is 24.2 Å². The van der Waals surface area contributed by atoms with Crippen LogP contribution in [0.1, 0.15) is 29.8 Å². The van der Waals surface area contributed by atoms with Gasteiger partial charge in [0.05, 0.1) is 5.75 Å². The van der Waals surface area contributed by atoms with Crippen molar-refractivity contribution in [1.82, 2.24) is 9.88 Å². The van der Waals surface area contributed by atoms with Crippen LogP contribution in [0.3, 0.4) is 0 Å². The van der Waals surface area contributed by atoms with Gasteiger partial charge in [-0.2, -0.15) is 0 Å². The zero-order valence-corrected chi connectivity index (χ0v) is 11.4. The van der Waals surface area contributed by atoms with Gasteiger partial charge in [-0.25, -0.2) is 9.78 Å². The highest BCUT2D eigenvalue weighted by Crippen LogP contribution is 2.18. The number of carboxylic acid groups (broad SMARTS) is 1. The molecular formula is C13H16N2O3S. The highest BCUT2D eigenvalue weighted by molar-refractivity contribution is 8.00. The summed E-state index contributed by atoms with van der Waals surface area (Å²) in [6, 6.07) is 3.14. The van der Waals surface area contributed by atoms with Crippen LogP contribution in [0.2, 0.25) is 0 Å². The number of likely N-dealkylation sites (tertiary alicyclic amines) is 1. The maximum absolute atomic E-state index is 11.9. The maximum Gasteiger partial charge on any atom is 0.354 e. The fourth-order valence-electron chi connectivity index (χ4n) is 1.97. The lowest BCUT2D eigenvalue weighted by atomic mass is 10.1. The first-order chi connectivity index (χ1) is 9.16. The number of thioether (sulfide) groups is 1. The molecule has 1 aliphatic rings. The number of nitrogens with zero attached hydrogens (tertiary/aromatic N) is 2. The van der Waals surface area contributed by atoms with Crippen molar-refractivity contribution in [2.24, 2.45) is 0 Å². The number of rotatable bonds is 4. The Balaban J connectivity index is 1.84. The molecule has 0 atom stereocenters. The summed E-state index contributed by atoms with van der Waals surface area (Å²) in [5.74, 6) is -0.512. The molecular weight excluding hydrogens is 264 g/mol. The fraction of sp³-hybridized carbons (Fsp3) is 0.462. The summed E-state index contributed by atoms with van der Waals surface area (Å²) in [5.41, 5.74) is 0.0201. The number of carbonyl (C=O) groups is 2. The molecule has 0 unspecified atom stereocenters. The summed E-state index contributed by atoms with van der Waals surface area (Å²) in [7, 11) is 0. The van der Waals surface area contributed by atoms with Gasteiger partial charge in [-0.1, -0.05) is 0 Å². The Bertz CT molecular complexity index is 455. The summed E-state index contributed by atoms with van der Waals surface area (Å²) in [6.45, 7) is 1.71. The van der Waals surface area contributed by atoms with Gasteiger partial charge >= 0.3 is 5.97 Å². The number of amides is 1. The molecule has 2 rings (SSSR count). The van der Waals surface area contributed by atoms with Crippen LogP contribution in [0.5, 0.6) is 0 Å². The summed E-state index contributed by atoms with van der Waals surface area (Å²) >= 11 is 1.40. The smallest absolute Gasteiger partial charge is 0.354 e. The van der Waals surface area contributed by atoms with E-state index >= 15 is 0 Å². The van der Waals surface area contributed by atoms with Gasteiger partial charge < -0.3 is 10.0 Å². The zero-order valence-electron chi connectivity index (χ0n) is 10.5. The molecule has 1 saturated heterocycles. The molecule has 6 heteroatoms. The van der Waals surface area contributed by atoms with E-state index in [9.17, 15) is 9.59 Å². The molecule has 2 heterocycles. The lowest BCUT2D eigenvalue weighted by Crippen LogP contribution is -2.36. The minimum atomic E-state index is -1.04. The summed E-state index contributed by atoms with van der Waals surface area (Å²) in [5, 5.41) is 8.73. The van der Waals surface area contributed by atoms with E-state index in [0.29, 0.717) is 5.75 Å². The van der Waals surface area contributed by atoms with Crippen LogP contribution in [0, 0.1) is 0 Å². The Kier molecular flexibility index (Phi) is 4.79. The van der Waals surface area contributed by atoms with Crippen LogP contribution in [0.15, 0.2) is 23.2 Å². The van der Waals surface area contributed by atoms with E-state index in [1.54, 1.807) is 6.07 Å². The van der Waals surface area contributed by atoms with Gasteiger partial charge in [-0.15, -0.1) is 11.8 Å². The van der Waals surface area contributed by atoms with E-state index < -0.39 is 5.97 Å². The van der Waals surface area contributed by atoms with E-state index in [1.165, 1.54) is 30.4 Å². The molecule has 0 spiro atoms. The Morgan fingerprint density at radius 2 is 2.00 bits per heavy atom. The lowest BCUT2D eigenvalue weighted by molar-refractivity contribution is -0.129. The third-order valence-electron chi connectivity index (χ3n) is 3.03. The van der Waals surface area contributed by atoms with Crippen LogP contribution in [-0.4, -0.2) is 45.7 Å². The number of aromatic nitrogens is 1. The topological polar surface area (TPSA) is 70.5 Å². The molecule has 1 amide bonds. The minimum Gasteiger partial charge on any atom is -0.477 e. The van der Waals surface area contributed by atoms with E-state index in [-0.39, 0.29) is 11.6 Å². The van der Waals surface area contributed by atoms with E-state index in [2.05, 4.69) is 4.98 Å². The SMILES string of the molecule is O=C(O)c1ccc(SCC(=O)N2CCCCC2)cn1. The Morgan fingerprint density at radius 1 is 1.26 bits per heavy atom. The second-order valence-corrected chi connectivity index (χ2v) is 5.46. The Morgan fingerprint density at radius 3 is 2.58 bits per heavy atom. The average molecular weight is 280 g/mol. The van der Waals surface area contributed by atoms with Gasteiger partial charge in [0.15, 0.2) is 0 Å². The molecule has 1 N–H and O–H groups in total. The second-order valence-electron chi connectivity index (χ2n) is 4.41. The molecule has 1 aliphatic heterocycles. The monoisotopic (exact) mass is 280 g/mol. The molecule has 0 bridgehead atoms. The molecule has 1 fully saturated rings. The highest BCUT2D eigenvalue weighted by Gasteiger charge is 2.16. The molecule has 0 aliphatic carbocycles. The molecule has 1 aromatic rings. The first-order valence-corrected chi connectivity index (χ1v) is 7.25. The fourth-order valence-corrected chi connectivity index (χ4v) is 2.74. The molecule has 0 saturated carbocycles. The molecule has 0 radical (unpaired) electrons. The van der Waals surface area contributed by atoms with E-state index in [1.807, 2.05) is 4.90 Å². The highest BCUT2D eigenvalue weighted by atomic mass is 32.2. The molecule has 5 nitrogen and oxygen atoms in total. The van der Waals surface area contributed by atoms with Crippen molar-refractivity contribution in [3.05, 3.63) is 24.0 Å². The first kappa shape index (κ1) is 13.9. The van der Waals surface area contributed by atoms with Gasteiger partial charge in [-0.05, 0) is 31.4 Å². The van der Waals surface area contributed by atoms with Gasteiger partial charge in [0.25, 0.3) is 0 Å². The number of pyridine rings is 1. The van der Waals surface area contributed by atoms with Crippen LogP contribution < -0.4 is 0 Å². The summed E-state index contributed by atoms with van der Waals surface area (Å²) in [4.78, 5) is 29.1. The van der Waals surface area contributed by atoms with Crippen molar-refractivity contribution in [3.63, 3.8) is 0 Å². The summed E-state index contributed by atoms with van der Waals surface area (Å²) < 4.78 is 0. The number of hydrogen-bond acceptors (Lipinski definition) is 4. The molecule has 19 heavy (non-hydrogen) atoms. The van der Waals surface area contributed by atoms with Crippen molar-refractivity contribution >= 4 is 23.6 Å². The molecule has 1 aromatic heterocycles. The minimum absolute atomic E-state index is 0.0201. The van der Waals surface area contributed by atoms with Crippen molar-refractivity contribution < 1.29 is 14.7 Å². The van der Waals surface area contributed by atoms with E-state index in [4.69, 9.17) is 5.11 Å². The molecule has 0 aromatic carbocycles. The van der Waals surface area contributed by atoms with Gasteiger partial charge in [0.1, 0.15) is 5.69 Å². The lowest BCUT2D eigenvalue weighted by Gasteiger charge is -2.26. The third-order valence-corrected chi connectivity index (χ3v) is 3.99.